The molecule has 0 atom stereocenters. The fourth-order valence-corrected chi connectivity index (χ4v) is 10.2. The number of aromatic nitrogens is 2. The molecule has 9 aromatic carbocycles. The normalized spacial score (nSPS) is 12.0. The molecule has 2 nitrogen and oxygen atoms in total. The van der Waals surface area contributed by atoms with Gasteiger partial charge in [-0.3, -0.25) is 0 Å². The Bertz CT molecular complexity index is 3470. The van der Waals surface area contributed by atoms with E-state index in [4.69, 9.17) is 0 Å². The summed E-state index contributed by atoms with van der Waals surface area (Å²) in [6.07, 6.45) is 0. The topological polar surface area (TPSA) is 9.86 Å². The van der Waals surface area contributed by atoms with Gasteiger partial charge in [0, 0.05) is 53.1 Å². The van der Waals surface area contributed by atoms with E-state index in [1.807, 2.05) is 11.3 Å². The van der Waals surface area contributed by atoms with E-state index in [0.29, 0.717) is 0 Å². The van der Waals surface area contributed by atoms with Crippen molar-refractivity contribution in [2.24, 2.45) is 0 Å². The monoisotopic (exact) mass is 716 g/mol. The zero-order valence-electron chi connectivity index (χ0n) is 29.8. The number of nitrogens with zero attached hydrogens (tertiary/aromatic N) is 2. The van der Waals surface area contributed by atoms with Crippen LogP contribution in [0.25, 0.3) is 108 Å². The second kappa shape index (κ2) is 11.8. The molecule has 0 saturated heterocycles. The minimum absolute atomic E-state index is 1.16. The number of hydrogen-bond donors (Lipinski definition) is 0. The maximum Gasteiger partial charge on any atom is 0.0547 e. The zero-order valence-corrected chi connectivity index (χ0v) is 30.6. The van der Waals surface area contributed by atoms with Gasteiger partial charge in [0.25, 0.3) is 0 Å². The highest BCUT2D eigenvalue weighted by molar-refractivity contribution is 7.26. The molecule has 0 aliphatic carbocycles. The summed E-state index contributed by atoms with van der Waals surface area (Å²) in [4.78, 5) is 0. The molecule has 0 unspecified atom stereocenters. The number of thiophene rings is 1. The Morgan fingerprint density at radius 1 is 0.309 bits per heavy atom. The first kappa shape index (κ1) is 30.5. The fourth-order valence-electron chi connectivity index (χ4n) is 8.94. The van der Waals surface area contributed by atoms with Gasteiger partial charge >= 0.3 is 0 Å². The summed E-state index contributed by atoms with van der Waals surface area (Å²) < 4.78 is 7.50. The van der Waals surface area contributed by atoms with Crippen LogP contribution in [0.4, 0.5) is 0 Å². The van der Waals surface area contributed by atoms with Crippen molar-refractivity contribution in [2.75, 3.05) is 0 Å². The molecule has 12 rings (SSSR count). The number of para-hydroxylation sites is 2. The molecule has 3 heterocycles. The molecule has 12 aromatic rings. The second-order valence-corrected chi connectivity index (χ2v) is 15.6. The van der Waals surface area contributed by atoms with Crippen molar-refractivity contribution < 1.29 is 0 Å². The van der Waals surface area contributed by atoms with Crippen LogP contribution in [-0.4, -0.2) is 9.13 Å². The van der Waals surface area contributed by atoms with E-state index in [2.05, 4.69) is 203 Å². The van der Waals surface area contributed by atoms with Gasteiger partial charge in [-0.25, -0.2) is 0 Å². The molecule has 3 heteroatoms. The van der Waals surface area contributed by atoms with Crippen LogP contribution < -0.4 is 0 Å². The lowest BCUT2D eigenvalue weighted by Gasteiger charge is -2.11. The summed E-state index contributed by atoms with van der Waals surface area (Å²) in [5.74, 6) is 0. The van der Waals surface area contributed by atoms with Gasteiger partial charge in [0.1, 0.15) is 0 Å². The van der Waals surface area contributed by atoms with E-state index in [-0.39, 0.29) is 0 Å². The first-order valence-electron chi connectivity index (χ1n) is 18.8. The van der Waals surface area contributed by atoms with Crippen molar-refractivity contribution in [3.8, 4) is 33.6 Å². The fraction of sp³-hybridized carbons (Fsp3) is 0. The van der Waals surface area contributed by atoms with Crippen LogP contribution >= 0.6 is 11.3 Å². The Labute approximate surface area is 321 Å². The molecule has 0 saturated carbocycles. The van der Waals surface area contributed by atoms with E-state index in [1.165, 1.54) is 102 Å². The summed E-state index contributed by atoms with van der Waals surface area (Å²) in [5.41, 5.74) is 12.1. The maximum atomic E-state index is 2.45. The smallest absolute Gasteiger partial charge is 0.0547 e. The highest BCUT2D eigenvalue weighted by Crippen LogP contribution is 2.42. The number of hydrogen-bond acceptors (Lipinski definition) is 1. The first-order valence-corrected chi connectivity index (χ1v) is 19.7. The SMILES string of the molecule is c1ccc(-n2c3ccccc3c3cc(-c4ccc5c(c4)c4cc6ccccc6cc4n5-c4ccc(-c5cccc6c5sc5ccccc56)cc4)ccc32)cc1. The summed E-state index contributed by atoms with van der Waals surface area (Å²) >= 11 is 1.88. The first-order chi connectivity index (χ1) is 27.3. The third kappa shape index (κ3) is 4.60. The average molecular weight is 717 g/mol. The molecule has 55 heavy (non-hydrogen) atoms. The quantitative estimate of drug-likeness (QED) is 0.172. The minimum Gasteiger partial charge on any atom is -0.309 e. The predicted molar refractivity (Wildman–Crippen MR) is 236 cm³/mol. The average Bonchev–Trinajstić information content (AvgIpc) is 3.90. The van der Waals surface area contributed by atoms with Crippen LogP contribution in [0.1, 0.15) is 0 Å². The number of rotatable bonds is 4. The van der Waals surface area contributed by atoms with Crippen molar-refractivity contribution in [1.29, 1.82) is 0 Å². The third-order valence-corrected chi connectivity index (χ3v) is 12.7. The highest BCUT2D eigenvalue weighted by atomic mass is 32.1. The Morgan fingerprint density at radius 2 is 0.855 bits per heavy atom. The van der Waals surface area contributed by atoms with Crippen LogP contribution in [0.15, 0.2) is 194 Å². The Morgan fingerprint density at radius 3 is 1.64 bits per heavy atom. The molecule has 0 radical (unpaired) electrons. The summed E-state index contributed by atoms with van der Waals surface area (Å²) in [6.45, 7) is 0. The van der Waals surface area contributed by atoms with E-state index in [0.717, 1.165) is 5.69 Å². The van der Waals surface area contributed by atoms with Gasteiger partial charge in [-0.2, -0.15) is 0 Å². The summed E-state index contributed by atoms with van der Waals surface area (Å²) in [7, 11) is 0. The Kier molecular flexibility index (Phi) is 6.54. The summed E-state index contributed by atoms with van der Waals surface area (Å²) in [6, 6.07) is 71.5. The molecule has 0 bridgehead atoms. The summed E-state index contributed by atoms with van der Waals surface area (Å²) in [5, 5.41) is 10.2. The van der Waals surface area contributed by atoms with E-state index in [9.17, 15) is 0 Å². The minimum atomic E-state index is 1.16. The lowest BCUT2D eigenvalue weighted by molar-refractivity contribution is 1.18. The van der Waals surface area contributed by atoms with Gasteiger partial charge in [0.05, 0.1) is 22.1 Å². The molecule has 0 aliphatic heterocycles. The van der Waals surface area contributed by atoms with E-state index >= 15 is 0 Å². The second-order valence-electron chi connectivity index (χ2n) is 14.5. The van der Waals surface area contributed by atoms with Crippen LogP contribution in [0.3, 0.4) is 0 Å². The maximum absolute atomic E-state index is 2.45. The largest absolute Gasteiger partial charge is 0.309 e. The zero-order chi connectivity index (χ0) is 36.0. The predicted octanol–water partition coefficient (Wildman–Crippen LogP) is 14.7. The van der Waals surface area contributed by atoms with Gasteiger partial charge in [0.15, 0.2) is 0 Å². The standard InChI is InChI=1S/C52H32N2S/c1-2-13-38(14-3-1)53-47-19-8-6-15-41(47)44-30-36(23-27-48(44)53)37-24-28-49-45(31-37)46-29-34-11-4-5-12-35(34)32-50(46)54(49)39-25-21-33(22-26-39)40-17-10-18-43-42-16-7-9-20-51(42)55-52(40)43/h1-32H. The molecule has 0 N–H and O–H groups in total. The van der Waals surface area contributed by atoms with Crippen LogP contribution in [0.5, 0.6) is 0 Å². The number of fused-ring (bicyclic) bond motifs is 10. The van der Waals surface area contributed by atoms with Gasteiger partial charge in [-0.05, 0) is 106 Å². The molecule has 3 aromatic heterocycles. The van der Waals surface area contributed by atoms with Crippen molar-refractivity contribution in [3.05, 3.63) is 194 Å². The molecular formula is C52H32N2S. The Hall–Kier alpha value is -6.94. The lowest BCUT2D eigenvalue weighted by atomic mass is 10.00. The van der Waals surface area contributed by atoms with Gasteiger partial charge in [0.2, 0.25) is 0 Å². The van der Waals surface area contributed by atoms with Gasteiger partial charge in [-0.1, -0.05) is 121 Å². The van der Waals surface area contributed by atoms with Gasteiger partial charge in [-0.15, -0.1) is 11.3 Å². The van der Waals surface area contributed by atoms with Gasteiger partial charge < -0.3 is 9.13 Å². The molecular weight excluding hydrogens is 685 g/mol. The van der Waals surface area contributed by atoms with E-state index < -0.39 is 0 Å². The lowest BCUT2D eigenvalue weighted by Crippen LogP contribution is -1.94. The van der Waals surface area contributed by atoms with Crippen molar-refractivity contribution in [1.82, 2.24) is 9.13 Å². The highest BCUT2D eigenvalue weighted by Gasteiger charge is 2.17. The Balaban J connectivity index is 1.03. The van der Waals surface area contributed by atoms with E-state index in [1.54, 1.807) is 0 Å². The van der Waals surface area contributed by atoms with Crippen LogP contribution in [0.2, 0.25) is 0 Å². The van der Waals surface area contributed by atoms with Crippen molar-refractivity contribution in [3.63, 3.8) is 0 Å². The molecule has 256 valence electrons. The third-order valence-electron chi connectivity index (χ3n) is 11.5. The van der Waals surface area contributed by atoms with Crippen molar-refractivity contribution in [2.45, 2.75) is 0 Å². The molecule has 0 amide bonds. The van der Waals surface area contributed by atoms with Crippen LogP contribution in [-0.2, 0) is 0 Å². The molecule has 0 spiro atoms. The molecule has 0 fully saturated rings. The molecule has 0 aliphatic rings. The van der Waals surface area contributed by atoms with Crippen molar-refractivity contribution >= 4 is 85.9 Å². The number of benzene rings is 9. The van der Waals surface area contributed by atoms with Crippen LogP contribution in [0, 0.1) is 0 Å².